The predicted molar refractivity (Wildman–Crippen MR) is 114 cm³/mol. The molecule has 1 saturated heterocycles. The van der Waals surface area contributed by atoms with E-state index in [4.69, 9.17) is 16.3 Å². The normalized spacial score (nSPS) is 14.6. The van der Waals surface area contributed by atoms with Crippen LogP contribution in [0.2, 0.25) is 5.02 Å². The quantitative estimate of drug-likeness (QED) is 0.653. The van der Waals surface area contributed by atoms with Crippen molar-refractivity contribution in [1.29, 1.82) is 0 Å². The van der Waals surface area contributed by atoms with Crippen LogP contribution in [0.15, 0.2) is 54.6 Å². The number of para-hydroxylation sites is 1. The molecule has 0 spiro atoms. The maximum absolute atomic E-state index is 13.3. The number of ether oxygens (including phenoxy) is 1. The van der Waals surface area contributed by atoms with Crippen LogP contribution < -0.4 is 5.32 Å². The number of amides is 1. The van der Waals surface area contributed by atoms with E-state index in [2.05, 4.69) is 15.3 Å². The van der Waals surface area contributed by atoms with Gasteiger partial charge in [-0.2, -0.15) is 5.10 Å². The first-order chi connectivity index (χ1) is 14.6. The Balaban J connectivity index is 1.59. The molecule has 2 heterocycles. The molecule has 0 unspecified atom stereocenters. The molecule has 0 atom stereocenters. The van der Waals surface area contributed by atoms with Crippen LogP contribution in [0.4, 0.5) is 4.39 Å². The smallest absolute Gasteiger partial charge is 0.270 e. The highest BCUT2D eigenvalue weighted by Crippen LogP contribution is 2.25. The lowest BCUT2D eigenvalue weighted by Gasteiger charge is -2.26. The van der Waals surface area contributed by atoms with Crippen LogP contribution in [-0.2, 0) is 4.74 Å². The summed E-state index contributed by atoms with van der Waals surface area (Å²) in [7, 11) is 0. The average molecular weight is 429 g/mol. The Kier molecular flexibility index (Phi) is 6.42. The van der Waals surface area contributed by atoms with Crippen LogP contribution in [-0.4, -0.2) is 60.0 Å². The van der Waals surface area contributed by atoms with E-state index in [0.29, 0.717) is 47.4 Å². The van der Waals surface area contributed by atoms with Gasteiger partial charge in [-0.25, -0.2) is 9.07 Å². The highest BCUT2D eigenvalue weighted by Gasteiger charge is 2.19. The second kappa shape index (κ2) is 9.38. The van der Waals surface area contributed by atoms with Crippen LogP contribution >= 0.6 is 11.6 Å². The van der Waals surface area contributed by atoms with Crippen molar-refractivity contribution in [2.24, 2.45) is 0 Å². The minimum atomic E-state index is -0.328. The van der Waals surface area contributed by atoms with Gasteiger partial charge < -0.3 is 10.1 Å². The van der Waals surface area contributed by atoms with Gasteiger partial charge in [-0.05, 0) is 42.5 Å². The Morgan fingerprint density at radius 3 is 2.60 bits per heavy atom. The van der Waals surface area contributed by atoms with Gasteiger partial charge in [-0.15, -0.1) is 0 Å². The maximum Gasteiger partial charge on any atom is 0.270 e. The topological polar surface area (TPSA) is 59.4 Å². The fraction of sp³-hybridized carbons (Fsp3) is 0.273. The van der Waals surface area contributed by atoms with Crippen molar-refractivity contribution in [3.8, 4) is 16.9 Å². The van der Waals surface area contributed by atoms with Crippen LogP contribution in [0.3, 0.4) is 0 Å². The van der Waals surface area contributed by atoms with E-state index >= 15 is 0 Å². The third-order valence-electron chi connectivity index (χ3n) is 4.98. The molecular weight excluding hydrogens is 407 g/mol. The first kappa shape index (κ1) is 20.5. The number of benzene rings is 2. The van der Waals surface area contributed by atoms with Crippen LogP contribution in [0, 0.1) is 5.82 Å². The molecule has 2 aromatic carbocycles. The molecule has 8 heteroatoms. The van der Waals surface area contributed by atoms with Gasteiger partial charge in [0.1, 0.15) is 11.5 Å². The van der Waals surface area contributed by atoms with E-state index in [9.17, 15) is 9.18 Å². The molecule has 1 N–H and O–H groups in total. The minimum absolute atomic E-state index is 0.246. The van der Waals surface area contributed by atoms with E-state index in [-0.39, 0.29) is 11.7 Å². The monoisotopic (exact) mass is 428 g/mol. The predicted octanol–water partition coefficient (Wildman–Crippen LogP) is 3.39. The number of hydrogen-bond donors (Lipinski definition) is 1. The minimum Gasteiger partial charge on any atom is -0.379 e. The Hall–Kier alpha value is -2.74. The molecule has 6 nitrogen and oxygen atoms in total. The number of nitrogens with zero attached hydrogens (tertiary/aromatic N) is 3. The van der Waals surface area contributed by atoms with Crippen molar-refractivity contribution in [3.63, 3.8) is 0 Å². The van der Waals surface area contributed by atoms with Gasteiger partial charge in [-0.3, -0.25) is 9.69 Å². The highest BCUT2D eigenvalue weighted by molar-refractivity contribution is 6.32. The lowest BCUT2D eigenvalue weighted by atomic mass is 10.1. The zero-order chi connectivity index (χ0) is 20.9. The zero-order valence-corrected chi connectivity index (χ0v) is 17.1. The SMILES string of the molecule is O=C(NCCN1CCOCC1)c1cc(-c2ccc(F)cc2)nn1-c1ccccc1Cl. The van der Waals surface area contributed by atoms with Crippen molar-refractivity contribution in [3.05, 3.63) is 71.1 Å². The Labute approximate surface area is 179 Å². The van der Waals surface area contributed by atoms with Crippen molar-refractivity contribution in [2.45, 2.75) is 0 Å². The number of nitrogens with one attached hydrogen (secondary N) is 1. The summed E-state index contributed by atoms with van der Waals surface area (Å²) in [4.78, 5) is 15.2. The van der Waals surface area contributed by atoms with Gasteiger partial charge in [0.05, 0.1) is 29.6 Å². The van der Waals surface area contributed by atoms with E-state index in [1.54, 1.807) is 30.3 Å². The van der Waals surface area contributed by atoms with Crippen LogP contribution in [0.25, 0.3) is 16.9 Å². The highest BCUT2D eigenvalue weighted by atomic mass is 35.5. The molecule has 0 bridgehead atoms. The van der Waals surface area contributed by atoms with Gasteiger partial charge in [-0.1, -0.05) is 23.7 Å². The summed E-state index contributed by atoms with van der Waals surface area (Å²) < 4.78 is 20.2. The number of halogens is 2. The summed E-state index contributed by atoms with van der Waals surface area (Å²) in [6.45, 7) is 4.42. The number of rotatable bonds is 6. The molecule has 0 aliphatic carbocycles. The Bertz CT molecular complexity index is 1020. The van der Waals surface area contributed by atoms with Gasteiger partial charge in [0.2, 0.25) is 0 Å². The number of carbonyl (C=O) groups is 1. The summed E-state index contributed by atoms with van der Waals surface area (Å²) in [5.41, 5.74) is 2.24. The molecule has 3 aromatic rings. The second-order valence-corrected chi connectivity index (χ2v) is 7.40. The molecule has 156 valence electrons. The molecule has 1 aromatic heterocycles. The molecule has 1 aliphatic heterocycles. The van der Waals surface area contributed by atoms with E-state index < -0.39 is 0 Å². The van der Waals surface area contributed by atoms with Crippen LogP contribution in [0.5, 0.6) is 0 Å². The van der Waals surface area contributed by atoms with E-state index in [1.165, 1.54) is 16.8 Å². The van der Waals surface area contributed by atoms with Gasteiger partial charge in [0, 0.05) is 31.7 Å². The molecule has 30 heavy (non-hydrogen) atoms. The summed E-state index contributed by atoms with van der Waals surface area (Å²) >= 11 is 6.36. The summed E-state index contributed by atoms with van der Waals surface area (Å²) in [5, 5.41) is 8.03. The molecular formula is C22H22ClFN4O2. The molecule has 4 rings (SSSR count). The average Bonchev–Trinajstić information content (AvgIpc) is 3.20. The third kappa shape index (κ3) is 4.70. The standard InChI is InChI=1S/C22H22ClFN4O2/c23-18-3-1-2-4-20(18)28-21(15-19(26-28)16-5-7-17(24)8-6-16)22(29)25-9-10-27-11-13-30-14-12-27/h1-8,15H,9-14H2,(H,25,29). The molecule has 0 radical (unpaired) electrons. The lowest BCUT2D eigenvalue weighted by Crippen LogP contribution is -2.41. The zero-order valence-electron chi connectivity index (χ0n) is 16.4. The van der Waals surface area contributed by atoms with Gasteiger partial charge in [0.15, 0.2) is 0 Å². The fourth-order valence-corrected chi connectivity index (χ4v) is 3.57. The fourth-order valence-electron chi connectivity index (χ4n) is 3.35. The first-order valence-corrected chi connectivity index (χ1v) is 10.2. The molecule has 0 saturated carbocycles. The Morgan fingerprint density at radius 2 is 1.87 bits per heavy atom. The van der Waals surface area contributed by atoms with Crippen LogP contribution in [0.1, 0.15) is 10.5 Å². The van der Waals surface area contributed by atoms with E-state index in [1.807, 2.05) is 12.1 Å². The number of aromatic nitrogens is 2. The van der Waals surface area contributed by atoms with Crippen molar-refractivity contribution < 1.29 is 13.9 Å². The van der Waals surface area contributed by atoms with Crippen molar-refractivity contribution in [2.75, 3.05) is 39.4 Å². The van der Waals surface area contributed by atoms with E-state index in [0.717, 1.165) is 19.6 Å². The number of hydrogen-bond acceptors (Lipinski definition) is 4. The maximum atomic E-state index is 13.3. The molecule has 1 amide bonds. The molecule has 1 aliphatic rings. The Morgan fingerprint density at radius 1 is 1.13 bits per heavy atom. The second-order valence-electron chi connectivity index (χ2n) is 6.99. The van der Waals surface area contributed by atoms with Crippen molar-refractivity contribution >= 4 is 17.5 Å². The van der Waals surface area contributed by atoms with Crippen molar-refractivity contribution in [1.82, 2.24) is 20.0 Å². The first-order valence-electron chi connectivity index (χ1n) is 9.81. The summed E-state index contributed by atoms with van der Waals surface area (Å²) in [6.07, 6.45) is 0. The van der Waals surface area contributed by atoms with Gasteiger partial charge in [0.25, 0.3) is 5.91 Å². The summed E-state index contributed by atoms with van der Waals surface area (Å²) in [6, 6.07) is 14.9. The number of morpholine rings is 1. The summed E-state index contributed by atoms with van der Waals surface area (Å²) in [5.74, 6) is -0.575. The molecule has 1 fully saturated rings. The number of carbonyl (C=O) groups excluding carboxylic acids is 1. The largest absolute Gasteiger partial charge is 0.379 e. The lowest BCUT2D eigenvalue weighted by molar-refractivity contribution is 0.0383. The third-order valence-corrected chi connectivity index (χ3v) is 5.30. The van der Waals surface area contributed by atoms with Gasteiger partial charge >= 0.3 is 0 Å².